The average molecular weight is 285 g/mol. The number of benzene rings is 1. The third-order valence-electron chi connectivity index (χ3n) is 3.05. The van der Waals surface area contributed by atoms with Crippen molar-refractivity contribution in [2.45, 2.75) is 36.0 Å². The van der Waals surface area contributed by atoms with Gasteiger partial charge in [-0.15, -0.1) is 11.8 Å². The van der Waals surface area contributed by atoms with Crippen LogP contribution < -0.4 is 5.32 Å². The molecule has 0 saturated carbocycles. The van der Waals surface area contributed by atoms with Gasteiger partial charge in [0.25, 0.3) is 0 Å². The highest BCUT2D eigenvalue weighted by Gasteiger charge is 2.34. The van der Waals surface area contributed by atoms with E-state index < -0.39 is 5.54 Å². The normalized spacial score (nSPS) is 15.6. The number of esters is 1. The van der Waals surface area contributed by atoms with Crippen molar-refractivity contribution < 1.29 is 13.9 Å². The second-order valence-corrected chi connectivity index (χ2v) is 6.12. The molecule has 3 nitrogen and oxygen atoms in total. The Morgan fingerprint density at radius 2 is 2.16 bits per heavy atom. The van der Waals surface area contributed by atoms with Gasteiger partial charge in [0.1, 0.15) is 11.4 Å². The maximum Gasteiger partial charge on any atom is 0.325 e. The largest absolute Gasteiger partial charge is 0.468 e. The summed E-state index contributed by atoms with van der Waals surface area (Å²) in [5, 5.41) is 3.06. The molecule has 19 heavy (non-hydrogen) atoms. The van der Waals surface area contributed by atoms with Gasteiger partial charge >= 0.3 is 5.97 Å². The van der Waals surface area contributed by atoms with Crippen LogP contribution in [0.2, 0.25) is 0 Å². The van der Waals surface area contributed by atoms with E-state index in [1.807, 2.05) is 6.92 Å². The van der Waals surface area contributed by atoms with E-state index in [1.165, 1.54) is 24.9 Å². The summed E-state index contributed by atoms with van der Waals surface area (Å²) in [4.78, 5) is 12.3. The molecule has 0 fully saturated rings. The van der Waals surface area contributed by atoms with Crippen LogP contribution >= 0.6 is 11.8 Å². The first-order valence-corrected chi connectivity index (χ1v) is 6.99. The number of likely N-dealkylation sites (N-methyl/N-ethyl adjacent to an activating group) is 1. The molecule has 106 valence electrons. The van der Waals surface area contributed by atoms with Crippen LogP contribution in [0.5, 0.6) is 0 Å². The second kappa shape index (κ2) is 6.91. The van der Waals surface area contributed by atoms with Gasteiger partial charge in [-0.1, -0.05) is 19.1 Å². The lowest BCUT2D eigenvalue weighted by Gasteiger charge is -2.28. The standard InChI is InChI=1S/C14H20FNO2S/c1-10(9-14(2,16-3)13(17)18-4)19-12-8-6-5-7-11(12)15/h5-8,10,16H,9H2,1-4H3. The van der Waals surface area contributed by atoms with Crippen LogP contribution in [0.1, 0.15) is 20.3 Å². The summed E-state index contributed by atoms with van der Waals surface area (Å²) in [5.74, 6) is -0.542. The zero-order valence-corrected chi connectivity index (χ0v) is 12.5. The van der Waals surface area contributed by atoms with E-state index in [-0.39, 0.29) is 17.0 Å². The van der Waals surface area contributed by atoms with Crippen LogP contribution in [0.15, 0.2) is 29.2 Å². The maximum atomic E-state index is 13.6. The molecule has 2 unspecified atom stereocenters. The van der Waals surface area contributed by atoms with Crippen molar-refractivity contribution in [1.29, 1.82) is 0 Å². The first-order chi connectivity index (χ1) is 8.92. The molecule has 0 amide bonds. The molecule has 5 heteroatoms. The molecule has 1 aromatic rings. The minimum Gasteiger partial charge on any atom is -0.468 e. The van der Waals surface area contributed by atoms with Crippen molar-refractivity contribution in [3.8, 4) is 0 Å². The molecule has 0 bridgehead atoms. The predicted octanol–water partition coefficient (Wildman–Crippen LogP) is 2.85. The van der Waals surface area contributed by atoms with Gasteiger partial charge in [-0.3, -0.25) is 4.79 Å². The van der Waals surface area contributed by atoms with E-state index in [2.05, 4.69) is 5.32 Å². The summed E-state index contributed by atoms with van der Waals surface area (Å²) in [6.45, 7) is 3.76. The first-order valence-electron chi connectivity index (χ1n) is 6.11. The number of carbonyl (C=O) groups excluding carboxylic acids is 1. The van der Waals surface area contributed by atoms with E-state index in [1.54, 1.807) is 32.2 Å². The highest BCUT2D eigenvalue weighted by atomic mass is 32.2. The molecule has 1 N–H and O–H groups in total. The van der Waals surface area contributed by atoms with Gasteiger partial charge < -0.3 is 10.1 Å². The number of nitrogens with one attached hydrogen (secondary N) is 1. The molecule has 0 spiro atoms. The predicted molar refractivity (Wildman–Crippen MR) is 75.8 cm³/mol. The summed E-state index contributed by atoms with van der Waals surface area (Å²) in [5.41, 5.74) is -0.758. The van der Waals surface area contributed by atoms with Crippen molar-refractivity contribution in [1.82, 2.24) is 5.32 Å². The number of hydrogen-bond donors (Lipinski definition) is 1. The number of halogens is 1. The number of hydrogen-bond acceptors (Lipinski definition) is 4. The molecule has 0 aliphatic heterocycles. The van der Waals surface area contributed by atoms with Gasteiger partial charge in [-0.2, -0.15) is 0 Å². The summed E-state index contributed by atoms with van der Waals surface area (Å²) in [7, 11) is 3.09. The lowest BCUT2D eigenvalue weighted by molar-refractivity contribution is -0.147. The van der Waals surface area contributed by atoms with Crippen molar-refractivity contribution in [2.75, 3.05) is 14.2 Å². The molecule has 1 aromatic carbocycles. The fraction of sp³-hybridized carbons (Fsp3) is 0.500. The van der Waals surface area contributed by atoms with E-state index in [4.69, 9.17) is 4.74 Å². The molecule has 2 atom stereocenters. The number of ether oxygens (including phenoxy) is 1. The third-order valence-corrected chi connectivity index (χ3v) is 4.20. The second-order valence-electron chi connectivity index (χ2n) is 4.64. The third kappa shape index (κ3) is 4.21. The Hall–Kier alpha value is -1.07. The van der Waals surface area contributed by atoms with Crippen molar-refractivity contribution in [2.24, 2.45) is 0 Å². The summed E-state index contributed by atoms with van der Waals surface area (Å²) < 4.78 is 18.4. The highest BCUT2D eigenvalue weighted by Crippen LogP contribution is 2.30. The fourth-order valence-electron chi connectivity index (χ4n) is 1.89. The van der Waals surface area contributed by atoms with E-state index in [0.29, 0.717) is 11.3 Å². The smallest absolute Gasteiger partial charge is 0.325 e. The molecular weight excluding hydrogens is 265 g/mol. The van der Waals surface area contributed by atoms with Crippen LogP contribution in [0, 0.1) is 5.82 Å². The quantitative estimate of drug-likeness (QED) is 0.644. The molecule has 0 saturated heterocycles. The topological polar surface area (TPSA) is 38.3 Å². The SMILES string of the molecule is CNC(C)(CC(C)Sc1ccccc1F)C(=O)OC. The van der Waals surface area contributed by atoms with Crippen LogP contribution in [0.25, 0.3) is 0 Å². The fourth-order valence-corrected chi connectivity index (χ4v) is 3.07. The molecule has 0 radical (unpaired) electrons. The lowest BCUT2D eigenvalue weighted by atomic mass is 9.96. The maximum absolute atomic E-state index is 13.6. The summed E-state index contributed by atoms with van der Waals surface area (Å²) in [6, 6.07) is 6.64. The molecule has 0 heterocycles. The molecule has 0 aliphatic rings. The molecular formula is C14H20FNO2S. The Kier molecular flexibility index (Phi) is 5.82. The lowest BCUT2D eigenvalue weighted by Crippen LogP contribution is -2.49. The Morgan fingerprint density at radius 3 is 2.68 bits per heavy atom. The Balaban J connectivity index is 2.71. The minimum atomic E-state index is -0.758. The van der Waals surface area contributed by atoms with Crippen LogP contribution in [0.3, 0.4) is 0 Å². The van der Waals surface area contributed by atoms with Gasteiger partial charge in [0.15, 0.2) is 0 Å². The van der Waals surface area contributed by atoms with Gasteiger partial charge in [-0.25, -0.2) is 4.39 Å². The molecule has 0 aliphatic carbocycles. The van der Waals surface area contributed by atoms with Crippen LogP contribution in [0.4, 0.5) is 4.39 Å². The number of rotatable bonds is 6. The number of thioether (sulfide) groups is 1. The van der Waals surface area contributed by atoms with Crippen molar-refractivity contribution in [3.05, 3.63) is 30.1 Å². The Bertz CT molecular complexity index is 441. The average Bonchev–Trinajstić information content (AvgIpc) is 2.40. The zero-order chi connectivity index (χ0) is 14.5. The van der Waals surface area contributed by atoms with Gasteiger partial charge in [0.05, 0.1) is 7.11 Å². The zero-order valence-electron chi connectivity index (χ0n) is 11.7. The van der Waals surface area contributed by atoms with E-state index in [9.17, 15) is 9.18 Å². The van der Waals surface area contributed by atoms with Gasteiger partial charge in [0.2, 0.25) is 0 Å². The minimum absolute atomic E-state index is 0.0773. The molecule has 1 rings (SSSR count). The Morgan fingerprint density at radius 1 is 1.53 bits per heavy atom. The van der Waals surface area contributed by atoms with Crippen molar-refractivity contribution in [3.63, 3.8) is 0 Å². The van der Waals surface area contributed by atoms with Crippen LogP contribution in [-0.2, 0) is 9.53 Å². The van der Waals surface area contributed by atoms with Crippen LogP contribution in [-0.4, -0.2) is 30.9 Å². The molecule has 0 aromatic heterocycles. The highest BCUT2D eigenvalue weighted by molar-refractivity contribution is 8.00. The van der Waals surface area contributed by atoms with E-state index >= 15 is 0 Å². The number of carbonyl (C=O) groups is 1. The Labute approximate surface area is 117 Å². The van der Waals surface area contributed by atoms with Gasteiger partial charge in [-0.05, 0) is 32.5 Å². The summed E-state index contributed by atoms with van der Waals surface area (Å²) in [6.07, 6.45) is 0.551. The summed E-state index contributed by atoms with van der Waals surface area (Å²) >= 11 is 1.42. The number of methoxy groups -OCH3 is 1. The van der Waals surface area contributed by atoms with Crippen molar-refractivity contribution >= 4 is 17.7 Å². The van der Waals surface area contributed by atoms with E-state index in [0.717, 1.165) is 0 Å². The van der Waals surface area contributed by atoms with Gasteiger partial charge in [0, 0.05) is 10.1 Å². The monoisotopic (exact) mass is 285 g/mol. The first kappa shape index (κ1) is 16.0.